The molecule has 0 aliphatic heterocycles. The van der Waals surface area contributed by atoms with E-state index in [1.165, 1.54) is 18.2 Å². The van der Waals surface area contributed by atoms with Crippen LogP contribution in [0.5, 0.6) is 11.6 Å². The second-order valence-electron chi connectivity index (χ2n) is 4.24. The molecule has 1 aromatic carbocycles. The maximum Gasteiger partial charge on any atom is 0.314 e. The SMILES string of the molecule is CCCNc1cccc(Oc2c(F)cccc2[N+](=O)[O-])n1. The predicted molar refractivity (Wildman–Crippen MR) is 76.1 cm³/mol. The summed E-state index contributed by atoms with van der Waals surface area (Å²) in [6, 6.07) is 8.45. The fourth-order valence-electron chi connectivity index (χ4n) is 1.67. The number of hydrogen-bond acceptors (Lipinski definition) is 5. The van der Waals surface area contributed by atoms with Crippen molar-refractivity contribution in [2.24, 2.45) is 0 Å². The van der Waals surface area contributed by atoms with Gasteiger partial charge in [-0.25, -0.2) is 4.39 Å². The highest BCUT2D eigenvalue weighted by Gasteiger charge is 2.20. The Morgan fingerprint density at radius 1 is 1.33 bits per heavy atom. The van der Waals surface area contributed by atoms with Crippen LogP contribution in [0.1, 0.15) is 13.3 Å². The van der Waals surface area contributed by atoms with Crippen molar-refractivity contribution in [2.75, 3.05) is 11.9 Å². The molecule has 1 heterocycles. The molecule has 0 fully saturated rings. The van der Waals surface area contributed by atoms with E-state index in [2.05, 4.69) is 10.3 Å². The van der Waals surface area contributed by atoms with Gasteiger partial charge in [-0.3, -0.25) is 10.1 Å². The lowest BCUT2D eigenvalue weighted by atomic mass is 10.3. The quantitative estimate of drug-likeness (QED) is 0.648. The molecule has 0 radical (unpaired) electrons. The Kier molecular flexibility index (Phi) is 4.65. The lowest BCUT2D eigenvalue weighted by Gasteiger charge is -2.08. The number of hydrogen-bond donors (Lipinski definition) is 1. The maximum absolute atomic E-state index is 13.7. The molecule has 1 N–H and O–H groups in total. The lowest BCUT2D eigenvalue weighted by Crippen LogP contribution is -2.03. The van der Waals surface area contributed by atoms with Gasteiger partial charge in [0.05, 0.1) is 4.92 Å². The van der Waals surface area contributed by atoms with Gasteiger partial charge in [0.2, 0.25) is 11.6 Å². The lowest BCUT2D eigenvalue weighted by molar-refractivity contribution is -0.385. The van der Waals surface area contributed by atoms with Gasteiger partial charge < -0.3 is 10.1 Å². The average Bonchev–Trinajstić information content (AvgIpc) is 2.47. The molecule has 0 aliphatic carbocycles. The minimum absolute atomic E-state index is 0.0873. The summed E-state index contributed by atoms with van der Waals surface area (Å²) in [5, 5.41) is 14.0. The number of nitro benzene ring substituents is 1. The zero-order chi connectivity index (χ0) is 15.2. The highest BCUT2D eigenvalue weighted by atomic mass is 19.1. The van der Waals surface area contributed by atoms with Gasteiger partial charge in [-0.1, -0.05) is 19.1 Å². The summed E-state index contributed by atoms with van der Waals surface area (Å²) in [6.07, 6.45) is 0.922. The van der Waals surface area contributed by atoms with Crippen LogP contribution < -0.4 is 10.1 Å². The fraction of sp³-hybridized carbons (Fsp3) is 0.214. The number of pyridine rings is 1. The Morgan fingerprint density at radius 3 is 2.81 bits per heavy atom. The average molecular weight is 291 g/mol. The second-order valence-corrected chi connectivity index (χ2v) is 4.24. The molecule has 1 aromatic heterocycles. The largest absolute Gasteiger partial charge is 0.429 e. The normalized spacial score (nSPS) is 10.2. The van der Waals surface area contributed by atoms with Crippen LogP contribution in [0.25, 0.3) is 0 Å². The predicted octanol–water partition coefficient (Wildman–Crippen LogP) is 3.74. The topological polar surface area (TPSA) is 77.3 Å². The van der Waals surface area contributed by atoms with Crippen molar-refractivity contribution in [1.29, 1.82) is 0 Å². The third kappa shape index (κ3) is 3.65. The van der Waals surface area contributed by atoms with Crippen LogP contribution in [-0.2, 0) is 0 Å². The monoisotopic (exact) mass is 291 g/mol. The molecule has 0 saturated carbocycles. The number of anilines is 1. The Labute approximate surface area is 120 Å². The summed E-state index contributed by atoms with van der Waals surface area (Å²) in [6.45, 7) is 2.74. The van der Waals surface area contributed by atoms with Gasteiger partial charge >= 0.3 is 5.69 Å². The summed E-state index contributed by atoms with van der Waals surface area (Å²) in [7, 11) is 0. The molecule has 0 atom stereocenters. The van der Waals surface area contributed by atoms with Crippen molar-refractivity contribution in [1.82, 2.24) is 4.98 Å². The number of nitrogens with one attached hydrogen (secondary N) is 1. The zero-order valence-corrected chi connectivity index (χ0v) is 11.4. The van der Waals surface area contributed by atoms with E-state index < -0.39 is 22.2 Å². The minimum atomic E-state index is -0.807. The Balaban J connectivity index is 2.28. The second kappa shape index (κ2) is 6.65. The molecular formula is C14H14FN3O3. The first-order chi connectivity index (χ1) is 10.1. The van der Waals surface area contributed by atoms with Gasteiger partial charge in [0.15, 0.2) is 5.82 Å². The van der Waals surface area contributed by atoms with Crippen LogP contribution in [-0.4, -0.2) is 16.5 Å². The van der Waals surface area contributed by atoms with E-state index in [1.807, 2.05) is 6.92 Å². The molecule has 6 nitrogen and oxygen atoms in total. The van der Waals surface area contributed by atoms with E-state index in [1.54, 1.807) is 12.1 Å². The van der Waals surface area contributed by atoms with Crippen molar-refractivity contribution in [3.05, 3.63) is 52.3 Å². The van der Waals surface area contributed by atoms with Crippen LogP contribution in [0.3, 0.4) is 0 Å². The molecule has 2 rings (SSSR count). The van der Waals surface area contributed by atoms with Crippen molar-refractivity contribution in [2.45, 2.75) is 13.3 Å². The van der Waals surface area contributed by atoms with E-state index in [9.17, 15) is 14.5 Å². The van der Waals surface area contributed by atoms with Crippen molar-refractivity contribution >= 4 is 11.5 Å². The first-order valence-electron chi connectivity index (χ1n) is 6.43. The van der Waals surface area contributed by atoms with Crippen LogP contribution >= 0.6 is 0 Å². The molecule has 0 aliphatic rings. The molecule has 2 aromatic rings. The van der Waals surface area contributed by atoms with Gasteiger partial charge in [-0.2, -0.15) is 4.98 Å². The highest BCUT2D eigenvalue weighted by molar-refractivity contribution is 5.49. The van der Waals surface area contributed by atoms with Crippen LogP contribution in [0, 0.1) is 15.9 Å². The first kappa shape index (κ1) is 14.7. The fourth-order valence-corrected chi connectivity index (χ4v) is 1.67. The van der Waals surface area contributed by atoms with Crippen molar-refractivity contribution in [3.8, 4) is 11.6 Å². The number of aromatic nitrogens is 1. The van der Waals surface area contributed by atoms with E-state index >= 15 is 0 Å². The summed E-state index contributed by atoms with van der Waals surface area (Å²) >= 11 is 0. The maximum atomic E-state index is 13.7. The minimum Gasteiger partial charge on any atom is -0.429 e. The smallest absolute Gasteiger partial charge is 0.314 e. The third-order valence-corrected chi connectivity index (χ3v) is 2.63. The molecule has 21 heavy (non-hydrogen) atoms. The van der Waals surface area contributed by atoms with E-state index in [4.69, 9.17) is 4.74 Å². The number of ether oxygens (including phenoxy) is 1. The number of benzene rings is 1. The molecule has 0 bridgehead atoms. The van der Waals surface area contributed by atoms with Crippen LogP contribution in [0.15, 0.2) is 36.4 Å². The molecule has 110 valence electrons. The number of para-hydroxylation sites is 1. The first-order valence-corrected chi connectivity index (χ1v) is 6.43. The van der Waals surface area contributed by atoms with Crippen molar-refractivity contribution in [3.63, 3.8) is 0 Å². The molecule has 0 unspecified atom stereocenters. The Bertz CT molecular complexity index is 649. The number of halogens is 1. The van der Waals surface area contributed by atoms with Crippen molar-refractivity contribution < 1.29 is 14.1 Å². The van der Waals surface area contributed by atoms with E-state index in [0.717, 1.165) is 19.0 Å². The van der Waals surface area contributed by atoms with Gasteiger partial charge in [0.25, 0.3) is 0 Å². The molecule has 7 heteroatoms. The van der Waals surface area contributed by atoms with E-state index in [-0.39, 0.29) is 5.88 Å². The number of nitrogens with zero attached hydrogens (tertiary/aromatic N) is 2. The summed E-state index contributed by atoms with van der Waals surface area (Å²) in [5.41, 5.74) is -0.441. The van der Waals surface area contributed by atoms with Gasteiger partial charge in [-0.05, 0) is 18.6 Å². The van der Waals surface area contributed by atoms with Crippen LogP contribution in [0.4, 0.5) is 15.9 Å². The molecule has 0 amide bonds. The molecular weight excluding hydrogens is 277 g/mol. The van der Waals surface area contributed by atoms with Gasteiger partial charge in [0.1, 0.15) is 5.82 Å². The summed E-state index contributed by atoms with van der Waals surface area (Å²) < 4.78 is 19.0. The standard InChI is InChI=1S/C14H14FN3O3/c1-2-9-16-12-7-4-8-13(17-12)21-14-10(15)5-3-6-11(14)18(19)20/h3-8H,2,9H2,1H3,(H,16,17). The van der Waals surface area contributed by atoms with Gasteiger partial charge in [0, 0.05) is 18.7 Å². The Hall–Kier alpha value is -2.70. The molecule has 0 spiro atoms. The van der Waals surface area contributed by atoms with Gasteiger partial charge in [-0.15, -0.1) is 0 Å². The summed E-state index contributed by atoms with van der Waals surface area (Å²) in [5.74, 6) is -0.599. The zero-order valence-electron chi connectivity index (χ0n) is 11.4. The van der Waals surface area contributed by atoms with E-state index in [0.29, 0.717) is 5.82 Å². The number of rotatable bonds is 6. The number of nitro groups is 1. The third-order valence-electron chi connectivity index (χ3n) is 2.63. The highest BCUT2D eigenvalue weighted by Crippen LogP contribution is 2.33. The van der Waals surface area contributed by atoms with Crippen LogP contribution in [0.2, 0.25) is 0 Å². The Morgan fingerprint density at radius 2 is 2.10 bits per heavy atom. The molecule has 0 saturated heterocycles. The summed E-state index contributed by atoms with van der Waals surface area (Å²) in [4.78, 5) is 14.3.